The number of phenolic OH excluding ortho intramolecular Hbond substituents is 1. The summed E-state index contributed by atoms with van der Waals surface area (Å²) in [5, 5.41) is 17.9. The Hall–Kier alpha value is -1.84. The topological polar surface area (TPSA) is 58.9 Å². The number of rotatable bonds is 0. The van der Waals surface area contributed by atoms with E-state index in [4.69, 9.17) is 19.7 Å². The van der Waals surface area contributed by atoms with Crippen molar-refractivity contribution in [1.82, 2.24) is 0 Å². The van der Waals surface area contributed by atoms with Crippen molar-refractivity contribution in [2.24, 2.45) is 0 Å². The molecule has 0 unspecified atom stereocenters. The summed E-state index contributed by atoms with van der Waals surface area (Å²) in [6.07, 6.45) is 1.06. The van der Waals surface area contributed by atoms with Gasteiger partial charge in [-0.05, 0) is 12.1 Å². The lowest BCUT2D eigenvalue weighted by atomic mass is 10.3. The van der Waals surface area contributed by atoms with E-state index in [2.05, 4.69) is 0 Å². The molecular formula is C8H6O4. The second-order valence-electron chi connectivity index (χ2n) is 2.31. The molecule has 0 aliphatic carbocycles. The molecule has 0 fully saturated rings. The zero-order chi connectivity index (χ0) is 8.55. The van der Waals surface area contributed by atoms with E-state index in [0.29, 0.717) is 11.5 Å². The van der Waals surface area contributed by atoms with Crippen LogP contribution in [0.1, 0.15) is 0 Å². The van der Waals surface area contributed by atoms with Crippen molar-refractivity contribution in [1.29, 1.82) is 0 Å². The van der Waals surface area contributed by atoms with Crippen molar-refractivity contribution in [3.8, 4) is 17.2 Å². The first-order chi connectivity index (χ1) is 5.75. The fraction of sp³-hybridized carbons (Fsp3) is 0. The normalized spacial score (nSPS) is 13.8. The first-order valence-corrected chi connectivity index (χ1v) is 3.32. The van der Waals surface area contributed by atoms with E-state index in [0.717, 1.165) is 6.26 Å². The van der Waals surface area contributed by atoms with Crippen molar-refractivity contribution in [3.63, 3.8) is 0 Å². The van der Waals surface area contributed by atoms with Gasteiger partial charge in [-0.1, -0.05) is 0 Å². The van der Waals surface area contributed by atoms with Crippen LogP contribution in [0.5, 0.6) is 17.2 Å². The van der Waals surface area contributed by atoms with Crippen LogP contribution in [0.4, 0.5) is 0 Å². The average Bonchev–Trinajstić information content (AvgIpc) is 2.05. The van der Waals surface area contributed by atoms with Crippen molar-refractivity contribution >= 4 is 0 Å². The average molecular weight is 166 g/mol. The van der Waals surface area contributed by atoms with Crippen molar-refractivity contribution in [2.45, 2.75) is 0 Å². The van der Waals surface area contributed by atoms with Crippen molar-refractivity contribution < 1.29 is 19.7 Å². The number of fused-ring (bicyclic) bond motifs is 1. The molecule has 0 amide bonds. The van der Waals surface area contributed by atoms with Gasteiger partial charge in [0.15, 0.2) is 17.8 Å². The Morgan fingerprint density at radius 1 is 1.08 bits per heavy atom. The zero-order valence-corrected chi connectivity index (χ0v) is 6.02. The van der Waals surface area contributed by atoms with Gasteiger partial charge in [-0.3, -0.25) is 0 Å². The Bertz CT molecular complexity index is 343. The van der Waals surface area contributed by atoms with Gasteiger partial charge in [-0.2, -0.15) is 0 Å². The molecule has 4 nitrogen and oxygen atoms in total. The third-order valence-electron chi connectivity index (χ3n) is 1.43. The molecule has 0 radical (unpaired) electrons. The van der Waals surface area contributed by atoms with Crippen LogP contribution in [-0.2, 0) is 0 Å². The maximum absolute atomic E-state index is 9.04. The number of benzene rings is 1. The molecule has 4 heteroatoms. The first-order valence-electron chi connectivity index (χ1n) is 3.32. The first kappa shape index (κ1) is 6.84. The van der Waals surface area contributed by atoms with Crippen LogP contribution in [0, 0.1) is 0 Å². The molecule has 2 rings (SSSR count). The lowest BCUT2D eigenvalue weighted by Gasteiger charge is -2.13. The summed E-state index contributed by atoms with van der Waals surface area (Å²) in [4.78, 5) is 0. The molecule has 1 aromatic carbocycles. The van der Waals surface area contributed by atoms with Gasteiger partial charge in [0.1, 0.15) is 5.75 Å². The van der Waals surface area contributed by atoms with Crippen LogP contribution in [-0.4, -0.2) is 10.2 Å². The van der Waals surface area contributed by atoms with Crippen LogP contribution in [0.25, 0.3) is 0 Å². The van der Waals surface area contributed by atoms with Gasteiger partial charge < -0.3 is 19.7 Å². The summed E-state index contributed by atoms with van der Waals surface area (Å²) in [6, 6.07) is 4.35. The van der Waals surface area contributed by atoms with Crippen molar-refractivity contribution in [2.75, 3.05) is 0 Å². The maximum atomic E-state index is 9.04. The smallest absolute Gasteiger partial charge is 0.319 e. The highest BCUT2D eigenvalue weighted by Gasteiger charge is 2.13. The Morgan fingerprint density at radius 3 is 2.75 bits per heavy atom. The molecule has 1 aliphatic heterocycles. The number of hydrogen-bond acceptors (Lipinski definition) is 4. The highest BCUT2D eigenvalue weighted by atomic mass is 16.6. The molecule has 12 heavy (non-hydrogen) atoms. The van der Waals surface area contributed by atoms with Crippen molar-refractivity contribution in [3.05, 3.63) is 30.4 Å². The molecule has 1 aromatic rings. The minimum absolute atomic E-state index is 0.0899. The second kappa shape index (κ2) is 2.34. The fourth-order valence-corrected chi connectivity index (χ4v) is 0.924. The van der Waals surface area contributed by atoms with Gasteiger partial charge >= 0.3 is 5.95 Å². The quantitative estimate of drug-likeness (QED) is 0.613. The van der Waals surface area contributed by atoms with E-state index in [1.165, 1.54) is 18.2 Å². The third-order valence-corrected chi connectivity index (χ3v) is 1.43. The highest BCUT2D eigenvalue weighted by Crippen LogP contribution is 2.34. The minimum atomic E-state index is -0.298. The molecule has 1 heterocycles. The number of aliphatic hydroxyl groups excluding tert-OH is 1. The van der Waals surface area contributed by atoms with Gasteiger partial charge in [0.2, 0.25) is 0 Å². The molecule has 0 bridgehead atoms. The van der Waals surface area contributed by atoms with Gasteiger partial charge in [0.05, 0.1) is 0 Å². The van der Waals surface area contributed by atoms with E-state index < -0.39 is 0 Å². The maximum Gasteiger partial charge on any atom is 0.319 e. The van der Waals surface area contributed by atoms with Crippen LogP contribution in [0.3, 0.4) is 0 Å². The van der Waals surface area contributed by atoms with Gasteiger partial charge in [-0.25, -0.2) is 0 Å². The Kier molecular flexibility index (Phi) is 1.33. The predicted octanol–water partition coefficient (Wildman–Crippen LogP) is 1.52. The number of aromatic hydroxyl groups is 1. The molecule has 0 saturated heterocycles. The number of aliphatic hydroxyl groups is 1. The molecule has 0 atom stereocenters. The Balaban J connectivity index is 2.43. The summed E-state index contributed by atoms with van der Waals surface area (Å²) < 4.78 is 9.79. The van der Waals surface area contributed by atoms with E-state index in [1.807, 2.05) is 0 Å². The molecular weight excluding hydrogens is 160 g/mol. The van der Waals surface area contributed by atoms with Gasteiger partial charge in [-0.15, -0.1) is 0 Å². The SMILES string of the molecule is OC1=COc2cc(O)ccc2O1. The van der Waals surface area contributed by atoms with Gasteiger partial charge in [0, 0.05) is 6.07 Å². The van der Waals surface area contributed by atoms with Crippen LogP contribution in [0.2, 0.25) is 0 Å². The van der Waals surface area contributed by atoms with E-state index >= 15 is 0 Å². The summed E-state index contributed by atoms with van der Waals surface area (Å²) >= 11 is 0. The lowest BCUT2D eigenvalue weighted by Crippen LogP contribution is -2.03. The Labute approximate surface area is 68.3 Å². The standard InChI is InChI=1S/C8H6O4/c9-5-1-2-6-7(3-5)11-4-8(10)12-6/h1-4,9-10H. The molecule has 0 spiro atoms. The van der Waals surface area contributed by atoms with Gasteiger partial charge in [0.25, 0.3) is 0 Å². The molecule has 1 aliphatic rings. The van der Waals surface area contributed by atoms with E-state index in [1.54, 1.807) is 0 Å². The fourth-order valence-electron chi connectivity index (χ4n) is 0.924. The van der Waals surface area contributed by atoms with Crippen LogP contribution >= 0.6 is 0 Å². The van der Waals surface area contributed by atoms with Crippen LogP contribution in [0.15, 0.2) is 30.4 Å². The van der Waals surface area contributed by atoms with E-state index in [9.17, 15) is 0 Å². The van der Waals surface area contributed by atoms with Crippen LogP contribution < -0.4 is 9.47 Å². The summed E-state index contributed by atoms with van der Waals surface area (Å²) in [5.41, 5.74) is 0. The number of hydrogen-bond donors (Lipinski definition) is 2. The zero-order valence-electron chi connectivity index (χ0n) is 6.02. The molecule has 2 N–H and O–H groups in total. The predicted molar refractivity (Wildman–Crippen MR) is 40.1 cm³/mol. The monoisotopic (exact) mass is 166 g/mol. The Morgan fingerprint density at radius 2 is 1.92 bits per heavy atom. The lowest BCUT2D eigenvalue weighted by molar-refractivity contribution is 0.170. The summed E-state index contributed by atoms with van der Waals surface area (Å²) in [5.74, 6) is 0.556. The molecule has 62 valence electrons. The second-order valence-corrected chi connectivity index (χ2v) is 2.31. The highest BCUT2D eigenvalue weighted by molar-refractivity contribution is 5.46. The third kappa shape index (κ3) is 1.03. The number of phenols is 1. The number of ether oxygens (including phenoxy) is 2. The largest absolute Gasteiger partial charge is 0.508 e. The minimum Gasteiger partial charge on any atom is -0.508 e. The summed E-state index contributed by atoms with van der Waals surface area (Å²) in [7, 11) is 0. The molecule has 0 saturated carbocycles. The summed E-state index contributed by atoms with van der Waals surface area (Å²) in [6.45, 7) is 0. The molecule has 0 aromatic heterocycles. The van der Waals surface area contributed by atoms with E-state index in [-0.39, 0.29) is 11.7 Å².